The zero-order valence-electron chi connectivity index (χ0n) is 33.7. The van der Waals surface area contributed by atoms with Crippen LogP contribution in [0, 0.1) is 35.0 Å². The minimum Gasteiger partial charge on any atom is -0.398 e. The number of allylic oxidation sites excluding steroid dienone is 14. The second kappa shape index (κ2) is 25.6. The topological polar surface area (TPSA) is 49.8 Å². The molecule has 0 saturated carbocycles. The van der Waals surface area contributed by atoms with Crippen molar-refractivity contribution in [1.82, 2.24) is 0 Å². The van der Waals surface area contributed by atoms with Gasteiger partial charge in [-0.15, -0.1) is 0 Å². The molecule has 4 rings (SSSR count). The lowest BCUT2D eigenvalue weighted by Crippen LogP contribution is -2.07. The maximum Gasteiger partial charge on any atom is 0.0991 e. The molecule has 0 fully saturated rings. The number of nitrogens with zero attached hydrogens (tertiary/aromatic N) is 1. The van der Waals surface area contributed by atoms with Crippen molar-refractivity contribution in [2.75, 3.05) is 0 Å². The van der Waals surface area contributed by atoms with E-state index in [0.29, 0.717) is 5.92 Å². The van der Waals surface area contributed by atoms with Gasteiger partial charge in [0.15, 0.2) is 0 Å². The van der Waals surface area contributed by atoms with Crippen LogP contribution >= 0.6 is 0 Å². The summed E-state index contributed by atoms with van der Waals surface area (Å²) < 4.78 is 0. The van der Waals surface area contributed by atoms with Gasteiger partial charge in [0, 0.05) is 11.6 Å². The maximum absolute atomic E-state index is 9.39. The molecule has 2 aromatic rings. The molecule has 1 unspecified atom stereocenters. The lowest BCUT2D eigenvalue weighted by atomic mass is 9.79. The maximum atomic E-state index is 9.39. The third-order valence-electron chi connectivity index (χ3n) is 9.70. The van der Waals surface area contributed by atoms with Gasteiger partial charge >= 0.3 is 0 Å². The lowest BCUT2D eigenvalue weighted by molar-refractivity contribution is 0.424. The lowest BCUT2D eigenvalue weighted by Gasteiger charge is -2.25. The molecule has 0 bridgehead atoms. The molecule has 2 aliphatic carbocycles. The van der Waals surface area contributed by atoms with Crippen LogP contribution in [0.4, 0.5) is 0 Å². The SMILES string of the molecule is C/C=C1/CCC=C/C1=C(\c1cccc(C#N)c1)[C@H](C)C1=CCC[C@@H](C)C=C1.C=C/C=C\CC(C)C(C)C.CC.CC/C(C)=C(\N)c1ccccc1. The van der Waals surface area contributed by atoms with Crippen molar-refractivity contribution in [3.8, 4) is 6.07 Å². The molecule has 0 radical (unpaired) electrons. The first-order valence-electron chi connectivity index (χ1n) is 19.3. The third-order valence-corrected chi connectivity index (χ3v) is 9.70. The zero-order valence-corrected chi connectivity index (χ0v) is 33.7. The molecule has 0 amide bonds. The van der Waals surface area contributed by atoms with Crippen LogP contribution in [0.2, 0.25) is 0 Å². The van der Waals surface area contributed by atoms with Gasteiger partial charge < -0.3 is 5.73 Å². The summed E-state index contributed by atoms with van der Waals surface area (Å²) in [7, 11) is 0. The van der Waals surface area contributed by atoms with Crippen LogP contribution in [0.1, 0.15) is 124 Å². The van der Waals surface area contributed by atoms with Crippen LogP contribution in [-0.2, 0) is 0 Å². The summed E-state index contributed by atoms with van der Waals surface area (Å²) in [6, 6.07) is 20.5. The molecule has 2 aromatic carbocycles. The van der Waals surface area contributed by atoms with E-state index in [1.165, 1.54) is 40.7 Å². The Labute approximate surface area is 313 Å². The van der Waals surface area contributed by atoms with E-state index >= 15 is 0 Å². The van der Waals surface area contributed by atoms with E-state index in [0.717, 1.165) is 59.9 Å². The van der Waals surface area contributed by atoms with Crippen molar-refractivity contribution in [3.63, 3.8) is 0 Å². The predicted molar refractivity (Wildman–Crippen MR) is 228 cm³/mol. The minimum atomic E-state index is 0.285. The molecule has 3 atom stereocenters. The highest BCUT2D eigenvalue weighted by Crippen LogP contribution is 2.39. The number of benzene rings is 2. The standard InChI is InChI=1S/C26H29N.C11H15N.C10H18.C2H6/c1-4-22-11-5-6-14-25(22)26(24-13-8-10-21(17-24)18-27)20(3)23-12-7-9-19(2)15-16-23;1-3-9(2)11(12)10-7-5-4-6-8-10;1-5-6-7-8-10(4)9(2)3;1-2/h4,6,8,10,12-17,19-20H,5,7,9,11H2,1-3H3;4-8H,3,12H2,1-2H3;5-7,9-10H,1,8H2,2-4H3;1-2H3/b22-4-,26-25+;11-9-;7-6-;/t19-,20-;;;/m1.../s1. The van der Waals surface area contributed by atoms with E-state index in [1.54, 1.807) is 0 Å². The largest absolute Gasteiger partial charge is 0.398 e. The van der Waals surface area contributed by atoms with Gasteiger partial charge in [0.2, 0.25) is 0 Å². The summed E-state index contributed by atoms with van der Waals surface area (Å²) in [6.07, 6.45) is 26.6. The minimum absolute atomic E-state index is 0.285. The highest BCUT2D eigenvalue weighted by Gasteiger charge is 2.22. The fourth-order valence-corrected chi connectivity index (χ4v) is 5.80. The fraction of sp³-hybridized carbons (Fsp3) is 0.408. The van der Waals surface area contributed by atoms with Gasteiger partial charge in [-0.05, 0) is 116 Å². The number of rotatable bonds is 9. The molecule has 0 heterocycles. The Hall–Kier alpha value is -4.35. The van der Waals surface area contributed by atoms with E-state index in [-0.39, 0.29) is 5.92 Å². The molecule has 2 heteroatoms. The Morgan fingerprint density at radius 1 is 1.00 bits per heavy atom. The normalized spacial score (nSPS) is 18.7. The second-order valence-electron chi connectivity index (χ2n) is 13.6. The van der Waals surface area contributed by atoms with Crippen molar-refractivity contribution in [2.45, 2.75) is 108 Å². The summed E-state index contributed by atoms with van der Waals surface area (Å²) in [5, 5.41) is 9.39. The van der Waals surface area contributed by atoms with Gasteiger partial charge in [-0.2, -0.15) is 5.26 Å². The predicted octanol–water partition coefficient (Wildman–Crippen LogP) is 14.4. The van der Waals surface area contributed by atoms with E-state index in [9.17, 15) is 5.26 Å². The Kier molecular flexibility index (Phi) is 22.4. The molecule has 0 aliphatic heterocycles. The number of nitrogens with two attached hydrogens (primary N) is 1. The highest BCUT2D eigenvalue weighted by atomic mass is 14.6. The first-order chi connectivity index (χ1) is 24.6. The Morgan fingerprint density at radius 2 is 1.69 bits per heavy atom. The molecule has 0 aromatic heterocycles. The summed E-state index contributed by atoms with van der Waals surface area (Å²) in [5.74, 6) is 2.49. The monoisotopic (exact) mass is 685 g/mol. The van der Waals surface area contributed by atoms with Gasteiger partial charge in [0.25, 0.3) is 0 Å². The van der Waals surface area contributed by atoms with Crippen LogP contribution in [0.15, 0.2) is 138 Å². The molecule has 0 spiro atoms. The molecule has 51 heavy (non-hydrogen) atoms. The number of hydrogen-bond acceptors (Lipinski definition) is 2. The van der Waals surface area contributed by atoms with Crippen molar-refractivity contribution in [3.05, 3.63) is 155 Å². The molecular formula is C49H68N2. The van der Waals surface area contributed by atoms with E-state index in [2.05, 4.69) is 117 Å². The molecule has 0 saturated heterocycles. The van der Waals surface area contributed by atoms with Gasteiger partial charge in [0.05, 0.1) is 11.6 Å². The van der Waals surface area contributed by atoms with Crippen LogP contribution in [0.5, 0.6) is 0 Å². The summed E-state index contributed by atoms with van der Waals surface area (Å²) in [5.41, 5.74) is 16.6. The number of nitriles is 1. The first kappa shape index (κ1) is 44.7. The quantitative estimate of drug-likeness (QED) is 0.267. The van der Waals surface area contributed by atoms with Crippen molar-refractivity contribution in [2.24, 2.45) is 29.4 Å². The van der Waals surface area contributed by atoms with E-state index in [4.69, 9.17) is 5.73 Å². The molecule has 2 aliphatic rings. The number of hydrogen-bond donors (Lipinski definition) is 1. The van der Waals surface area contributed by atoms with E-state index in [1.807, 2.05) is 74.5 Å². The molecule has 2 nitrogen and oxygen atoms in total. The Bertz CT molecular complexity index is 1580. The van der Waals surface area contributed by atoms with Gasteiger partial charge in [-0.25, -0.2) is 0 Å². The van der Waals surface area contributed by atoms with Crippen LogP contribution in [-0.4, -0.2) is 0 Å². The van der Waals surface area contributed by atoms with Crippen LogP contribution in [0.3, 0.4) is 0 Å². The second-order valence-corrected chi connectivity index (χ2v) is 13.6. The van der Waals surface area contributed by atoms with E-state index < -0.39 is 0 Å². The average molecular weight is 685 g/mol. The smallest absolute Gasteiger partial charge is 0.0991 e. The van der Waals surface area contributed by atoms with Crippen molar-refractivity contribution >= 4 is 11.3 Å². The third kappa shape index (κ3) is 15.6. The average Bonchev–Trinajstić information content (AvgIpc) is 3.40. The molecule has 274 valence electrons. The van der Waals surface area contributed by atoms with Gasteiger partial charge in [-0.1, -0.05) is 165 Å². The van der Waals surface area contributed by atoms with Gasteiger partial charge in [-0.3, -0.25) is 0 Å². The fourth-order valence-electron chi connectivity index (χ4n) is 5.80. The summed E-state index contributed by atoms with van der Waals surface area (Å²) >= 11 is 0. The Balaban J connectivity index is 0.000000448. The van der Waals surface area contributed by atoms with Crippen LogP contribution in [0.25, 0.3) is 11.3 Å². The zero-order chi connectivity index (χ0) is 38.2. The molecular weight excluding hydrogens is 617 g/mol. The Morgan fingerprint density at radius 3 is 2.29 bits per heavy atom. The summed E-state index contributed by atoms with van der Waals surface area (Å²) in [6.45, 7) is 25.3. The van der Waals surface area contributed by atoms with Crippen LogP contribution < -0.4 is 5.73 Å². The van der Waals surface area contributed by atoms with Gasteiger partial charge in [0.1, 0.15) is 0 Å². The molecule has 2 N–H and O–H groups in total. The first-order valence-corrected chi connectivity index (χ1v) is 19.3. The van der Waals surface area contributed by atoms with Crippen molar-refractivity contribution in [1.29, 1.82) is 5.26 Å². The summed E-state index contributed by atoms with van der Waals surface area (Å²) in [4.78, 5) is 0. The van der Waals surface area contributed by atoms with Crippen molar-refractivity contribution < 1.29 is 0 Å². The highest BCUT2D eigenvalue weighted by molar-refractivity contribution is 5.79.